The number of anilines is 1. The third-order valence-electron chi connectivity index (χ3n) is 4.40. The Morgan fingerprint density at radius 2 is 2.05 bits per heavy atom. The van der Waals surface area contributed by atoms with Crippen LogP contribution >= 0.6 is 11.6 Å². The van der Waals surface area contributed by atoms with Gasteiger partial charge in [0.25, 0.3) is 0 Å². The fourth-order valence-electron chi connectivity index (χ4n) is 3.36. The summed E-state index contributed by atoms with van der Waals surface area (Å²) in [6, 6.07) is 6.36. The van der Waals surface area contributed by atoms with E-state index < -0.39 is 0 Å². The van der Waals surface area contributed by atoms with Crippen molar-refractivity contribution in [3.63, 3.8) is 0 Å². The smallest absolute Gasteiger partial charge is 0.122 e. The van der Waals surface area contributed by atoms with E-state index in [9.17, 15) is 0 Å². The first-order valence-electron chi connectivity index (χ1n) is 7.28. The van der Waals surface area contributed by atoms with E-state index in [1.807, 2.05) is 12.1 Å². The topological polar surface area (TPSA) is 56.4 Å². The molecule has 1 aromatic carbocycles. The van der Waals surface area contributed by atoms with Crippen LogP contribution in [0.25, 0.3) is 0 Å². The lowest BCUT2D eigenvalue weighted by atomic mass is 10.1. The number of fused-ring (bicyclic) bond motifs is 1. The monoisotopic (exact) mass is 292 g/mol. The standard InChI is InChI=1S/C15H21ClN4/c16-13-9-11(15(17)18)4-5-14(13)20-8-2-7-19-6-1-3-12(19)10-20/h4-5,9,12H,1-3,6-8,10H2,(H3,17,18). The molecule has 0 amide bonds. The summed E-state index contributed by atoms with van der Waals surface area (Å²) in [7, 11) is 0. The first-order chi connectivity index (χ1) is 9.65. The Morgan fingerprint density at radius 3 is 2.80 bits per heavy atom. The molecular weight excluding hydrogens is 272 g/mol. The Hall–Kier alpha value is -1.26. The minimum Gasteiger partial charge on any atom is -0.384 e. The van der Waals surface area contributed by atoms with Gasteiger partial charge in [-0.2, -0.15) is 0 Å². The summed E-state index contributed by atoms with van der Waals surface area (Å²) in [5.74, 6) is 0.0660. The van der Waals surface area contributed by atoms with Crippen LogP contribution in [0.3, 0.4) is 0 Å². The number of nitrogens with two attached hydrogens (primary N) is 1. The molecule has 4 nitrogen and oxygen atoms in total. The molecule has 1 atom stereocenters. The summed E-state index contributed by atoms with van der Waals surface area (Å²) >= 11 is 6.40. The van der Waals surface area contributed by atoms with E-state index in [1.165, 1.54) is 32.4 Å². The molecule has 0 spiro atoms. The van der Waals surface area contributed by atoms with Gasteiger partial charge in [0.2, 0.25) is 0 Å². The molecule has 1 aromatic rings. The summed E-state index contributed by atoms with van der Waals surface area (Å²) in [6.07, 6.45) is 3.79. The maximum absolute atomic E-state index is 7.48. The highest BCUT2D eigenvalue weighted by molar-refractivity contribution is 6.33. The fourth-order valence-corrected chi connectivity index (χ4v) is 3.66. The lowest BCUT2D eigenvalue weighted by Gasteiger charge is -2.28. The van der Waals surface area contributed by atoms with Gasteiger partial charge in [-0.25, -0.2) is 0 Å². The number of hydrogen-bond donors (Lipinski definition) is 2. The molecule has 2 fully saturated rings. The second kappa shape index (κ2) is 5.62. The van der Waals surface area contributed by atoms with Crippen LogP contribution in [0, 0.1) is 5.41 Å². The summed E-state index contributed by atoms with van der Waals surface area (Å²) < 4.78 is 0. The second-order valence-corrected chi connectivity index (χ2v) is 6.12. The molecule has 2 saturated heterocycles. The van der Waals surface area contributed by atoms with Crippen LogP contribution in [-0.2, 0) is 0 Å². The number of nitrogen functional groups attached to an aromatic ring is 1. The molecule has 2 aliphatic rings. The van der Waals surface area contributed by atoms with Crippen LogP contribution in [0.2, 0.25) is 5.02 Å². The molecule has 5 heteroatoms. The quantitative estimate of drug-likeness (QED) is 0.649. The molecule has 1 unspecified atom stereocenters. The van der Waals surface area contributed by atoms with Gasteiger partial charge in [-0.05, 0) is 44.0 Å². The van der Waals surface area contributed by atoms with E-state index in [4.69, 9.17) is 22.7 Å². The van der Waals surface area contributed by atoms with Gasteiger partial charge in [0, 0.05) is 31.2 Å². The van der Waals surface area contributed by atoms with Gasteiger partial charge in [-0.15, -0.1) is 0 Å². The number of hydrogen-bond acceptors (Lipinski definition) is 3. The van der Waals surface area contributed by atoms with Gasteiger partial charge in [0.15, 0.2) is 0 Å². The Morgan fingerprint density at radius 1 is 1.25 bits per heavy atom. The number of nitrogens with zero attached hydrogens (tertiary/aromatic N) is 2. The molecule has 0 bridgehead atoms. The van der Waals surface area contributed by atoms with Crippen LogP contribution in [0.5, 0.6) is 0 Å². The van der Waals surface area contributed by atoms with Crippen molar-refractivity contribution < 1.29 is 0 Å². The van der Waals surface area contributed by atoms with E-state index in [2.05, 4.69) is 9.80 Å². The number of halogens is 1. The third kappa shape index (κ3) is 2.63. The molecule has 2 aliphatic heterocycles. The average Bonchev–Trinajstić information content (AvgIpc) is 2.76. The van der Waals surface area contributed by atoms with Crippen molar-refractivity contribution in [1.82, 2.24) is 4.90 Å². The highest BCUT2D eigenvalue weighted by Crippen LogP contribution is 2.30. The van der Waals surface area contributed by atoms with Crippen LogP contribution in [0.1, 0.15) is 24.8 Å². The summed E-state index contributed by atoms with van der Waals surface area (Å²) in [5.41, 5.74) is 7.28. The second-order valence-electron chi connectivity index (χ2n) is 5.71. The molecule has 20 heavy (non-hydrogen) atoms. The molecule has 0 saturated carbocycles. The fraction of sp³-hybridized carbons (Fsp3) is 0.533. The minimum absolute atomic E-state index is 0.0660. The number of benzene rings is 1. The van der Waals surface area contributed by atoms with E-state index in [0.29, 0.717) is 16.6 Å². The van der Waals surface area contributed by atoms with Crippen LogP contribution in [-0.4, -0.2) is 43.0 Å². The summed E-state index contributed by atoms with van der Waals surface area (Å²) in [4.78, 5) is 5.00. The Balaban J connectivity index is 1.82. The number of nitrogens with one attached hydrogen (secondary N) is 1. The Kier molecular flexibility index (Phi) is 3.85. The molecule has 0 aromatic heterocycles. The number of rotatable bonds is 2. The Bertz CT molecular complexity index is 517. The predicted octanol–water partition coefficient (Wildman–Crippen LogP) is 2.30. The van der Waals surface area contributed by atoms with Gasteiger partial charge in [0.1, 0.15) is 5.84 Å². The van der Waals surface area contributed by atoms with Crippen LogP contribution in [0.4, 0.5) is 5.69 Å². The predicted molar refractivity (Wildman–Crippen MR) is 83.9 cm³/mol. The van der Waals surface area contributed by atoms with E-state index >= 15 is 0 Å². The van der Waals surface area contributed by atoms with Crippen molar-refractivity contribution >= 4 is 23.1 Å². The van der Waals surface area contributed by atoms with E-state index in [0.717, 1.165) is 18.8 Å². The van der Waals surface area contributed by atoms with Crippen molar-refractivity contribution in [2.24, 2.45) is 5.73 Å². The van der Waals surface area contributed by atoms with Gasteiger partial charge in [0.05, 0.1) is 10.7 Å². The normalized spacial score (nSPS) is 23.4. The molecule has 108 valence electrons. The maximum Gasteiger partial charge on any atom is 0.122 e. The average molecular weight is 293 g/mol. The van der Waals surface area contributed by atoms with Gasteiger partial charge >= 0.3 is 0 Å². The van der Waals surface area contributed by atoms with Crippen molar-refractivity contribution in [3.8, 4) is 0 Å². The minimum atomic E-state index is 0.0660. The van der Waals surface area contributed by atoms with Crippen LogP contribution < -0.4 is 10.6 Å². The van der Waals surface area contributed by atoms with E-state index in [1.54, 1.807) is 6.07 Å². The lowest BCUT2D eigenvalue weighted by Crippen LogP contribution is -2.36. The Labute approximate surface area is 125 Å². The molecule has 3 N–H and O–H groups in total. The zero-order chi connectivity index (χ0) is 14.1. The largest absolute Gasteiger partial charge is 0.384 e. The molecular formula is C15H21ClN4. The van der Waals surface area contributed by atoms with Crippen molar-refractivity contribution in [3.05, 3.63) is 28.8 Å². The number of amidine groups is 1. The van der Waals surface area contributed by atoms with Gasteiger partial charge in [-0.1, -0.05) is 11.6 Å². The zero-order valence-corrected chi connectivity index (χ0v) is 12.4. The molecule has 2 heterocycles. The molecule has 3 rings (SSSR count). The molecule has 0 radical (unpaired) electrons. The van der Waals surface area contributed by atoms with Crippen molar-refractivity contribution in [2.45, 2.75) is 25.3 Å². The van der Waals surface area contributed by atoms with Gasteiger partial charge < -0.3 is 10.6 Å². The van der Waals surface area contributed by atoms with Crippen LogP contribution in [0.15, 0.2) is 18.2 Å². The first kappa shape index (κ1) is 13.7. The summed E-state index contributed by atoms with van der Waals surface area (Å²) in [6.45, 7) is 4.55. The van der Waals surface area contributed by atoms with Crippen molar-refractivity contribution in [2.75, 3.05) is 31.1 Å². The zero-order valence-electron chi connectivity index (χ0n) is 11.6. The molecule has 0 aliphatic carbocycles. The van der Waals surface area contributed by atoms with Crippen molar-refractivity contribution in [1.29, 1.82) is 5.41 Å². The third-order valence-corrected chi connectivity index (χ3v) is 4.71. The SMILES string of the molecule is N=C(N)c1ccc(N2CCCN3CCCC3C2)c(Cl)c1. The first-order valence-corrected chi connectivity index (χ1v) is 7.66. The lowest BCUT2D eigenvalue weighted by molar-refractivity contribution is 0.273. The highest BCUT2D eigenvalue weighted by atomic mass is 35.5. The summed E-state index contributed by atoms with van der Waals surface area (Å²) in [5, 5.41) is 8.18. The highest BCUT2D eigenvalue weighted by Gasteiger charge is 2.29. The van der Waals surface area contributed by atoms with Gasteiger partial charge in [-0.3, -0.25) is 10.3 Å². The maximum atomic E-state index is 7.48. The van der Waals surface area contributed by atoms with E-state index in [-0.39, 0.29) is 5.84 Å².